The molecule has 0 radical (unpaired) electrons. The van der Waals surface area contributed by atoms with Crippen LogP contribution in [0.4, 0.5) is 21.0 Å². The summed E-state index contributed by atoms with van der Waals surface area (Å²) in [6, 6.07) is 48.8. The van der Waals surface area contributed by atoms with E-state index in [1.54, 1.807) is 29.2 Å². The first-order valence-corrected chi connectivity index (χ1v) is 23.4. The summed E-state index contributed by atoms with van der Waals surface area (Å²) in [5.41, 5.74) is 0.232. The van der Waals surface area contributed by atoms with Crippen LogP contribution in [0.2, 0.25) is 0 Å². The van der Waals surface area contributed by atoms with Gasteiger partial charge in [-0.2, -0.15) is 0 Å². The Morgan fingerprint density at radius 1 is 0.672 bits per heavy atom. The van der Waals surface area contributed by atoms with Gasteiger partial charge in [-0.3, -0.25) is 10.1 Å². The molecule has 7 rings (SSSR count). The molecule has 0 bridgehead atoms. The minimum absolute atomic E-state index is 0.0266. The normalized spacial score (nSPS) is 15.7. The van der Waals surface area contributed by atoms with Crippen LogP contribution in [0.25, 0.3) is 0 Å². The Balaban J connectivity index is 1.30. The van der Waals surface area contributed by atoms with Crippen molar-refractivity contribution in [3.8, 4) is 0 Å². The van der Waals surface area contributed by atoms with Gasteiger partial charge < -0.3 is 0 Å². The molecule has 1 N–H and O–H groups in total. The number of rotatable bonds is 18. The van der Waals surface area contributed by atoms with E-state index in [4.69, 9.17) is 21.7 Å². The molecule has 326 valence electrons. The predicted octanol–water partition coefficient (Wildman–Crippen LogP) is 8.82. The number of β-lactam (4-membered cyclic amide) rings is 1. The van der Waals surface area contributed by atoms with Crippen LogP contribution in [0, 0.1) is 32.1 Å². The Bertz CT molecular complexity index is 2580. The molecule has 3 atom stereocenters. The third-order valence-corrected chi connectivity index (χ3v) is 18.7. The number of hydrogen-bond donors (Lipinski definition) is 1. The molecule has 1 heterocycles. The van der Waals surface area contributed by atoms with Gasteiger partial charge in [0.2, 0.25) is 0 Å². The molecule has 0 spiro atoms. The summed E-state index contributed by atoms with van der Waals surface area (Å²) in [6.07, 6.45) is -0.760. The van der Waals surface area contributed by atoms with Crippen LogP contribution in [0.3, 0.4) is 0 Å². The Labute approximate surface area is 375 Å². The van der Waals surface area contributed by atoms with Gasteiger partial charge in [0.1, 0.15) is 0 Å². The van der Waals surface area contributed by atoms with Crippen LogP contribution in [-0.2, 0) is 27.5 Å². The van der Waals surface area contributed by atoms with Gasteiger partial charge in [-0.25, -0.2) is 0 Å². The van der Waals surface area contributed by atoms with E-state index in [-0.39, 0.29) is 54.3 Å². The Hall–Kier alpha value is -7.15. The summed E-state index contributed by atoms with van der Waals surface area (Å²) < 4.78 is 11.8. The summed E-state index contributed by atoms with van der Waals surface area (Å²) in [5, 5.41) is 28.2. The average molecular weight is 897 g/mol. The number of thiocarbonyl (C=S) groups is 1. The van der Waals surface area contributed by atoms with Crippen LogP contribution in [0.15, 0.2) is 170 Å². The van der Waals surface area contributed by atoms with Gasteiger partial charge in [0, 0.05) is 6.07 Å². The SMILES string of the molecule is CC(C(=S)c1ccccc1)C1C(CCNC(=O)OCc2ccccc2[N+](=O)[O-])C(=O)N1CP(C(=O)OCc1ccccc1[N+](=O)[O-])(c1ccccc1)(c1ccccc1)c1ccccc1. The van der Waals surface area contributed by atoms with E-state index >= 15 is 9.59 Å². The van der Waals surface area contributed by atoms with Gasteiger partial charge in [0.15, 0.2) is 0 Å². The number of carbonyl (C=O) groups excluding carboxylic acids is 3. The van der Waals surface area contributed by atoms with Crippen molar-refractivity contribution in [1.82, 2.24) is 10.2 Å². The molecule has 0 aromatic heterocycles. The van der Waals surface area contributed by atoms with Gasteiger partial charge in [0.25, 0.3) is 0 Å². The van der Waals surface area contributed by atoms with Gasteiger partial charge in [-0.05, 0) is 0 Å². The predicted molar refractivity (Wildman–Crippen MR) is 251 cm³/mol. The third kappa shape index (κ3) is 8.49. The van der Waals surface area contributed by atoms with Gasteiger partial charge in [-0.15, -0.1) is 0 Å². The molecular weight excluding hydrogens is 852 g/mol. The van der Waals surface area contributed by atoms with Crippen LogP contribution >= 0.6 is 18.8 Å². The monoisotopic (exact) mass is 896 g/mol. The molecule has 1 aliphatic heterocycles. The van der Waals surface area contributed by atoms with E-state index in [0.29, 0.717) is 20.8 Å². The zero-order valence-electron chi connectivity index (χ0n) is 34.8. The van der Waals surface area contributed by atoms with Crippen LogP contribution in [0.5, 0.6) is 0 Å². The standard InChI is InChI=1S/C49H45N4O9PS/c1-35(46(64)36-18-6-2-7-19-36)45-42(30-31-50-48(55)61-32-37-20-14-16-28-43(37)52(57)58)47(54)51(45)34-63(39-22-8-3-9-23-39,40-24-10-4-11-25-40,41-26-12-5-13-27-41)49(56)62-33-38-21-15-17-29-44(38)53(59)60/h2-29,35,42,45H,30-34H2,1H3,(H,50,55). The van der Waals surface area contributed by atoms with Crippen molar-refractivity contribution in [2.75, 3.05) is 12.8 Å². The van der Waals surface area contributed by atoms with Crippen molar-refractivity contribution >= 4 is 68.7 Å². The number of para-hydroxylation sites is 2. The van der Waals surface area contributed by atoms with E-state index in [1.807, 2.05) is 128 Å². The van der Waals surface area contributed by atoms with E-state index in [2.05, 4.69) is 5.32 Å². The molecule has 13 nitrogen and oxygen atoms in total. The van der Waals surface area contributed by atoms with Crippen LogP contribution in [-0.4, -0.2) is 56.2 Å². The second-order valence-electron chi connectivity index (χ2n) is 15.5. The number of nitro groups is 2. The Morgan fingerprint density at radius 3 is 1.56 bits per heavy atom. The maximum absolute atomic E-state index is 16.0. The number of ether oxygens (including phenoxy) is 2. The van der Waals surface area contributed by atoms with Crippen molar-refractivity contribution in [2.24, 2.45) is 11.8 Å². The summed E-state index contributed by atoms with van der Waals surface area (Å²) in [6.45, 7) is -3.50. The molecule has 15 heteroatoms. The number of alkyl carbamates (subject to hydrolysis) is 1. The van der Waals surface area contributed by atoms with Crippen molar-refractivity contribution < 1.29 is 33.7 Å². The maximum atomic E-state index is 16.0. The van der Waals surface area contributed by atoms with E-state index < -0.39 is 52.7 Å². The molecule has 3 unspecified atom stereocenters. The van der Waals surface area contributed by atoms with Gasteiger partial charge >= 0.3 is 343 Å². The summed E-state index contributed by atoms with van der Waals surface area (Å²) >= 11 is 6.15. The topological polar surface area (TPSA) is 171 Å². The van der Waals surface area contributed by atoms with Crippen molar-refractivity contribution in [3.63, 3.8) is 0 Å². The molecule has 2 amide bonds. The van der Waals surface area contributed by atoms with Crippen molar-refractivity contribution in [3.05, 3.63) is 207 Å². The molecule has 6 aromatic carbocycles. The van der Waals surface area contributed by atoms with E-state index in [1.165, 1.54) is 24.3 Å². The van der Waals surface area contributed by atoms with Crippen molar-refractivity contribution in [1.29, 1.82) is 0 Å². The number of carbonyl (C=O) groups is 3. The van der Waals surface area contributed by atoms with E-state index in [9.17, 15) is 25.0 Å². The number of benzene rings is 6. The second-order valence-corrected chi connectivity index (χ2v) is 20.7. The molecule has 6 aromatic rings. The Morgan fingerprint density at radius 2 is 1.09 bits per heavy atom. The van der Waals surface area contributed by atoms with E-state index in [0.717, 1.165) is 5.56 Å². The minimum atomic E-state index is -4.74. The molecule has 1 saturated heterocycles. The number of likely N-dealkylation sites (tertiary alicyclic amines) is 1. The molecule has 1 fully saturated rings. The fraction of sp³-hybridized carbons (Fsp3) is 0.184. The fourth-order valence-electron chi connectivity index (χ4n) is 8.81. The molecular formula is C49H45N4O9PS. The van der Waals surface area contributed by atoms with Crippen LogP contribution in [0.1, 0.15) is 30.0 Å². The summed E-state index contributed by atoms with van der Waals surface area (Å²) in [5.74, 6) is -1.37. The Kier molecular flexibility index (Phi) is 13.7. The molecule has 0 saturated carbocycles. The molecule has 64 heavy (non-hydrogen) atoms. The van der Waals surface area contributed by atoms with Gasteiger partial charge in [0.05, 0.1) is 4.92 Å². The van der Waals surface area contributed by atoms with Crippen molar-refractivity contribution in [2.45, 2.75) is 32.6 Å². The molecule has 1 aliphatic rings. The zero-order valence-corrected chi connectivity index (χ0v) is 36.5. The third-order valence-electron chi connectivity index (χ3n) is 12.0. The first-order chi connectivity index (χ1) is 31.0. The second kappa shape index (κ2) is 19.5. The number of nitrogens with one attached hydrogen (secondary N) is 1. The number of nitro benzene ring substituents is 2. The number of nitrogens with zero attached hydrogens (tertiary/aromatic N) is 3. The average Bonchev–Trinajstić information content (AvgIpc) is 3.34. The quantitative estimate of drug-likeness (QED) is 0.0220. The molecule has 0 aliphatic carbocycles. The fourth-order valence-corrected chi connectivity index (χ4v) is 15.0. The first-order valence-electron chi connectivity index (χ1n) is 20.6. The first kappa shape index (κ1) is 44.9. The number of amides is 2. The summed E-state index contributed by atoms with van der Waals surface area (Å²) in [4.78, 5) is 68.9. The van der Waals surface area contributed by atoms with Crippen LogP contribution < -0.4 is 21.2 Å². The number of hydrogen-bond acceptors (Lipinski definition) is 10. The zero-order chi connectivity index (χ0) is 45.3. The summed E-state index contributed by atoms with van der Waals surface area (Å²) in [7, 11) is 0. The van der Waals surface area contributed by atoms with Gasteiger partial charge in [-0.1, -0.05) is 12.1 Å².